The first-order valence-corrected chi connectivity index (χ1v) is 8.24. The van der Waals surface area contributed by atoms with Crippen LogP contribution in [-0.4, -0.2) is 45.3 Å². The molecule has 0 saturated carbocycles. The molecule has 0 unspecified atom stereocenters. The molecular formula is C14H23N3S. The number of nitrogens with zero attached hydrogens (tertiary/aromatic N) is 3. The van der Waals surface area contributed by atoms with E-state index in [1.54, 1.807) is 0 Å². The van der Waals surface area contributed by atoms with E-state index in [-0.39, 0.29) is 0 Å². The highest BCUT2D eigenvalue weighted by Crippen LogP contribution is 2.29. The summed E-state index contributed by atoms with van der Waals surface area (Å²) in [6.07, 6.45) is 4.04. The molecule has 4 heteroatoms. The second-order valence-corrected chi connectivity index (χ2v) is 6.88. The van der Waals surface area contributed by atoms with Crippen molar-refractivity contribution < 1.29 is 0 Å². The predicted octanol–water partition coefficient (Wildman–Crippen LogP) is 2.64. The van der Waals surface area contributed by atoms with Crippen LogP contribution in [0.15, 0.2) is 6.07 Å². The lowest BCUT2D eigenvalue weighted by atomic mass is 10.1. The summed E-state index contributed by atoms with van der Waals surface area (Å²) in [6, 6.07) is 3.64. The standard InChI is InChI=1S/C14H23N3S/c1-11-9-12(2)17(15-11)14-3-6-16(10-14)13-4-7-18-8-5-13/h9,13-14H,3-8,10H2,1-2H3/t14-/m0/s1. The van der Waals surface area contributed by atoms with E-state index in [0.29, 0.717) is 6.04 Å². The van der Waals surface area contributed by atoms with E-state index < -0.39 is 0 Å². The van der Waals surface area contributed by atoms with Crippen molar-refractivity contribution in [1.29, 1.82) is 0 Å². The van der Waals surface area contributed by atoms with Crippen molar-refractivity contribution in [2.75, 3.05) is 24.6 Å². The molecule has 0 radical (unpaired) electrons. The van der Waals surface area contributed by atoms with Crippen LogP contribution in [-0.2, 0) is 0 Å². The van der Waals surface area contributed by atoms with E-state index in [4.69, 9.17) is 0 Å². The van der Waals surface area contributed by atoms with Gasteiger partial charge in [0.1, 0.15) is 0 Å². The third-order valence-corrected chi connectivity index (χ3v) is 5.34. The van der Waals surface area contributed by atoms with E-state index in [1.807, 2.05) is 0 Å². The molecule has 3 nitrogen and oxygen atoms in total. The van der Waals surface area contributed by atoms with Gasteiger partial charge in [0.05, 0.1) is 11.7 Å². The molecule has 2 saturated heterocycles. The van der Waals surface area contributed by atoms with Crippen molar-refractivity contribution in [3.05, 3.63) is 17.5 Å². The van der Waals surface area contributed by atoms with Crippen LogP contribution in [0.3, 0.4) is 0 Å². The van der Waals surface area contributed by atoms with Gasteiger partial charge in [-0.3, -0.25) is 9.58 Å². The Balaban J connectivity index is 1.65. The average Bonchev–Trinajstić information content (AvgIpc) is 2.97. The normalized spacial score (nSPS) is 26.9. The van der Waals surface area contributed by atoms with E-state index in [0.717, 1.165) is 11.7 Å². The highest BCUT2D eigenvalue weighted by Gasteiger charge is 2.30. The molecule has 1 aromatic rings. The van der Waals surface area contributed by atoms with Crippen molar-refractivity contribution in [2.45, 2.75) is 45.2 Å². The molecule has 2 fully saturated rings. The minimum Gasteiger partial charge on any atom is -0.298 e. The summed E-state index contributed by atoms with van der Waals surface area (Å²) in [5.74, 6) is 2.71. The Labute approximate surface area is 114 Å². The van der Waals surface area contributed by atoms with Crippen LogP contribution < -0.4 is 0 Å². The fourth-order valence-electron chi connectivity index (χ4n) is 3.37. The summed E-state index contributed by atoms with van der Waals surface area (Å²) in [7, 11) is 0. The first-order chi connectivity index (χ1) is 8.74. The fourth-order valence-corrected chi connectivity index (χ4v) is 4.45. The van der Waals surface area contributed by atoms with Gasteiger partial charge in [0.15, 0.2) is 0 Å². The quantitative estimate of drug-likeness (QED) is 0.820. The van der Waals surface area contributed by atoms with Gasteiger partial charge in [-0.25, -0.2) is 0 Å². The Bertz CT molecular complexity index is 409. The van der Waals surface area contributed by atoms with Crippen molar-refractivity contribution in [3.8, 4) is 0 Å². The van der Waals surface area contributed by atoms with Crippen LogP contribution >= 0.6 is 11.8 Å². The summed E-state index contributed by atoms with van der Waals surface area (Å²) in [5, 5.41) is 4.66. The van der Waals surface area contributed by atoms with Gasteiger partial charge >= 0.3 is 0 Å². The van der Waals surface area contributed by atoms with Crippen LogP contribution in [0.25, 0.3) is 0 Å². The summed E-state index contributed by atoms with van der Waals surface area (Å²) < 4.78 is 2.26. The van der Waals surface area contributed by atoms with Crippen LogP contribution in [0.5, 0.6) is 0 Å². The van der Waals surface area contributed by atoms with Crippen molar-refractivity contribution in [1.82, 2.24) is 14.7 Å². The molecule has 2 aliphatic heterocycles. The Morgan fingerprint density at radius 1 is 1.17 bits per heavy atom. The maximum Gasteiger partial charge on any atom is 0.0661 e. The fraction of sp³-hybridized carbons (Fsp3) is 0.786. The molecule has 100 valence electrons. The lowest BCUT2D eigenvalue weighted by Crippen LogP contribution is -2.36. The third kappa shape index (κ3) is 2.45. The number of thioether (sulfide) groups is 1. The van der Waals surface area contributed by atoms with E-state index in [2.05, 4.69) is 46.4 Å². The zero-order chi connectivity index (χ0) is 12.5. The molecule has 0 amide bonds. The second kappa shape index (κ2) is 5.25. The molecule has 3 rings (SSSR count). The minimum absolute atomic E-state index is 0.605. The molecule has 1 aromatic heterocycles. The van der Waals surface area contributed by atoms with Gasteiger partial charge < -0.3 is 0 Å². The zero-order valence-electron chi connectivity index (χ0n) is 11.4. The molecule has 0 bridgehead atoms. The van der Waals surface area contributed by atoms with E-state index in [1.165, 1.54) is 49.6 Å². The molecule has 0 aromatic carbocycles. The maximum atomic E-state index is 4.66. The van der Waals surface area contributed by atoms with E-state index in [9.17, 15) is 0 Å². The topological polar surface area (TPSA) is 21.1 Å². The lowest BCUT2D eigenvalue weighted by molar-refractivity contribution is 0.219. The number of hydrogen-bond acceptors (Lipinski definition) is 3. The van der Waals surface area contributed by atoms with Gasteiger partial charge in [-0.1, -0.05) is 0 Å². The lowest BCUT2D eigenvalue weighted by Gasteiger charge is -2.30. The third-order valence-electron chi connectivity index (χ3n) is 4.29. The van der Waals surface area contributed by atoms with Gasteiger partial charge in [-0.2, -0.15) is 16.9 Å². The molecule has 0 spiro atoms. The van der Waals surface area contributed by atoms with Crippen molar-refractivity contribution in [2.24, 2.45) is 0 Å². The maximum absolute atomic E-state index is 4.66. The largest absolute Gasteiger partial charge is 0.298 e. The average molecular weight is 265 g/mol. The number of aryl methyl sites for hydroxylation is 2. The number of likely N-dealkylation sites (tertiary alicyclic amines) is 1. The Morgan fingerprint density at radius 3 is 2.61 bits per heavy atom. The summed E-state index contributed by atoms with van der Waals surface area (Å²) >= 11 is 2.12. The molecular weight excluding hydrogens is 242 g/mol. The monoisotopic (exact) mass is 265 g/mol. The Kier molecular flexibility index (Phi) is 3.66. The number of rotatable bonds is 2. The molecule has 18 heavy (non-hydrogen) atoms. The van der Waals surface area contributed by atoms with Gasteiger partial charge in [-0.15, -0.1) is 0 Å². The van der Waals surface area contributed by atoms with Crippen LogP contribution in [0, 0.1) is 13.8 Å². The van der Waals surface area contributed by atoms with Gasteiger partial charge in [-0.05, 0) is 50.7 Å². The Morgan fingerprint density at radius 2 is 1.94 bits per heavy atom. The van der Waals surface area contributed by atoms with Gasteiger partial charge in [0, 0.05) is 24.8 Å². The summed E-state index contributed by atoms with van der Waals surface area (Å²) in [6.45, 7) is 6.74. The summed E-state index contributed by atoms with van der Waals surface area (Å²) in [5.41, 5.74) is 2.47. The molecule has 0 aliphatic carbocycles. The molecule has 3 heterocycles. The van der Waals surface area contributed by atoms with Gasteiger partial charge in [0.25, 0.3) is 0 Å². The molecule has 0 N–H and O–H groups in total. The molecule has 1 atom stereocenters. The van der Waals surface area contributed by atoms with Gasteiger partial charge in [0.2, 0.25) is 0 Å². The second-order valence-electron chi connectivity index (χ2n) is 5.65. The predicted molar refractivity (Wildman–Crippen MR) is 77.3 cm³/mol. The smallest absolute Gasteiger partial charge is 0.0661 e. The van der Waals surface area contributed by atoms with Crippen LogP contribution in [0.2, 0.25) is 0 Å². The highest BCUT2D eigenvalue weighted by molar-refractivity contribution is 7.99. The number of aromatic nitrogens is 2. The summed E-state index contributed by atoms with van der Waals surface area (Å²) in [4.78, 5) is 2.71. The first-order valence-electron chi connectivity index (χ1n) is 7.08. The first kappa shape index (κ1) is 12.5. The van der Waals surface area contributed by atoms with Crippen LogP contribution in [0.4, 0.5) is 0 Å². The number of hydrogen-bond donors (Lipinski definition) is 0. The SMILES string of the molecule is Cc1cc(C)n([C@H]2CCN(C3CCSCC3)C2)n1. The van der Waals surface area contributed by atoms with Crippen LogP contribution in [0.1, 0.15) is 36.7 Å². The van der Waals surface area contributed by atoms with Crippen molar-refractivity contribution in [3.63, 3.8) is 0 Å². The zero-order valence-corrected chi connectivity index (χ0v) is 12.2. The van der Waals surface area contributed by atoms with E-state index >= 15 is 0 Å². The van der Waals surface area contributed by atoms with Crippen molar-refractivity contribution >= 4 is 11.8 Å². The minimum atomic E-state index is 0.605. The Hall–Kier alpha value is -0.480. The molecule has 2 aliphatic rings. The highest BCUT2D eigenvalue weighted by atomic mass is 32.2.